The predicted molar refractivity (Wildman–Crippen MR) is 104 cm³/mol. The van der Waals surface area contributed by atoms with Gasteiger partial charge in [-0.25, -0.2) is 4.98 Å². The Morgan fingerprint density at radius 1 is 1.11 bits per heavy atom. The van der Waals surface area contributed by atoms with Crippen molar-refractivity contribution in [1.29, 1.82) is 0 Å². The zero-order valence-electron chi connectivity index (χ0n) is 15.7. The summed E-state index contributed by atoms with van der Waals surface area (Å²) in [7, 11) is 0. The molecule has 0 aliphatic carbocycles. The molecule has 0 aliphatic heterocycles. The highest BCUT2D eigenvalue weighted by molar-refractivity contribution is 7.15. The molecular formula is C19H23N3O4S. The fraction of sp³-hybridized carbons (Fsp3) is 0.368. The van der Waals surface area contributed by atoms with E-state index >= 15 is 0 Å². The molecule has 0 spiro atoms. The van der Waals surface area contributed by atoms with Crippen molar-refractivity contribution in [2.75, 3.05) is 19.8 Å². The zero-order valence-corrected chi connectivity index (χ0v) is 16.5. The lowest BCUT2D eigenvalue weighted by Gasteiger charge is -2.17. The molecule has 0 atom stereocenters. The van der Waals surface area contributed by atoms with Gasteiger partial charge in [-0.2, -0.15) is 0 Å². The second kappa shape index (κ2) is 8.77. The van der Waals surface area contributed by atoms with Gasteiger partial charge < -0.3 is 19.5 Å². The number of thiazole rings is 1. The molecule has 2 heterocycles. The maximum absolute atomic E-state index is 12.7. The molecule has 1 N–H and O–H groups in total. The highest BCUT2D eigenvalue weighted by Crippen LogP contribution is 2.39. The minimum atomic E-state index is -0.226. The minimum absolute atomic E-state index is 0.226. The molecule has 0 bridgehead atoms. The molecule has 3 rings (SSSR count). The van der Waals surface area contributed by atoms with Gasteiger partial charge in [-0.05, 0) is 32.9 Å². The largest absolute Gasteiger partial charge is 0.490 e. The summed E-state index contributed by atoms with van der Waals surface area (Å²) in [5.41, 5.74) is 1.25. The number of rotatable bonds is 9. The maximum Gasteiger partial charge on any atom is 0.251 e. The van der Waals surface area contributed by atoms with Gasteiger partial charge >= 0.3 is 0 Å². The van der Waals surface area contributed by atoms with Crippen molar-refractivity contribution in [2.24, 2.45) is 0 Å². The van der Waals surface area contributed by atoms with Gasteiger partial charge in [0, 0.05) is 23.3 Å². The van der Waals surface area contributed by atoms with E-state index < -0.39 is 0 Å². The summed E-state index contributed by atoms with van der Waals surface area (Å²) in [6.07, 6.45) is 3.84. The highest BCUT2D eigenvalue weighted by Gasteiger charge is 2.18. The SMILES string of the molecule is CCOc1cc(C(=O)NCc2cn3ccsc3n2)cc(OCC)c1OCC. The molecule has 0 fully saturated rings. The summed E-state index contributed by atoms with van der Waals surface area (Å²) >= 11 is 1.55. The number of nitrogens with zero attached hydrogens (tertiary/aromatic N) is 2. The van der Waals surface area contributed by atoms with E-state index in [9.17, 15) is 4.79 Å². The van der Waals surface area contributed by atoms with E-state index in [1.165, 1.54) is 0 Å². The summed E-state index contributed by atoms with van der Waals surface area (Å²) in [5.74, 6) is 1.29. The Balaban J connectivity index is 1.80. The van der Waals surface area contributed by atoms with Crippen LogP contribution in [-0.4, -0.2) is 35.1 Å². The Labute approximate surface area is 161 Å². The number of nitrogens with one attached hydrogen (secondary N) is 1. The molecule has 7 nitrogen and oxygen atoms in total. The van der Waals surface area contributed by atoms with E-state index in [2.05, 4.69) is 10.3 Å². The Morgan fingerprint density at radius 2 is 1.78 bits per heavy atom. The Morgan fingerprint density at radius 3 is 2.37 bits per heavy atom. The normalized spacial score (nSPS) is 10.8. The standard InChI is InChI=1S/C19H23N3O4S/c1-4-24-15-9-13(10-16(25-5-2)17(15)26-6-3)18(23)20-11-14-12-22-7-8-27-19(22)21-14/h7-10,12H,4-6,11H2,1-3H3,(H,20,23). The molecule has 0 saturated heterocycles. The summed E-state index contributed by atoms with van der Waals surface area (Å²) in [6, 6.07) is 3.36. The Bertz CT molecular complexity index is 863. The summed E-state index contributed by atoms with van der Waals surface area (Å²) in [5, 5.41) is 4.86. The fourth-order valence-electron chi connectivity index (χ4n) is 2.65. The Kier molecular flexibility index (Phi) is 6.18. The molecule has 3 aromatic rings. The second-order valence-corrected chi connectivity index (χ2v) is 6.48. The van der Waals surface area contributed by atoms with Crippen molar-refractivity contribution in [3.63, 3.8) is 0 Å². The summed E-state index contributed by atoms with van der Waals surface area (Å²) in [6.45, 7) is 7.39. The van der Waals surface area contributed by atoms with Gasteiger partial charge in [0.1, 0.15) is 0 Å². The molecule has 2 aromatic heterocycles. The number of amides is 1. The topological polar surface area (TPSA) is 74.1 Å². The summed E-state index contributed by atoms with van der Waals surface area (Å²) in [4.78, 5) is 18.0. The first kappa shape index (κ1) is 19.0. The molecule has 1 aromatic carbocycles. The van der Waals surface area contributed by atoms with Crippen molar-refractivity contribution in [3.8, 4) is 17.2 Å². The minimum Gasteiger partial charge on any atom is -0.490 e. The van der Waals surface area contributed by atoms with Gasteiger partial charge in [-0.3, -0.25) is 9.20 Å². The third kappa shape index (κ3) is 4.33. The number of fused-ring (bicyclic) bond motifs is 1. The van der Waals surface area contributed by atoms with Crippen LogP contribution in [0.15, 0.2) is 29.9 Å². The average molecular weight is 389 g/mol. The van der Waals surface area contributed by atoms with Crippen LogP contribution in [0.25, 0.3) is 4.96 Å². The lowest BCUT2D eigenvalue weighted by atomic mass is 10.1. The molecule has 0 unspecified atom stereocenters. The first-order chi connectivity index (χ1) is 13.2. The number of carbonyl (C=O) groups is 1. The molecule has 0 saturated carbocycles. The van der Waals surface area contributed by atoms with Crippen molar-refractivity contribution >= 4 is 22.2 Å². The number of aromatic nitrogens is 2. The van der Waals surface area contributed by atoms with E-state index in [4.69, 9.17) is 14.2 Å². The third-order valence-electron chi connectivity index (χ3n) is 3.74. The molecule has 144 valence electrons. The quantitative estimate of drug-likeness (QED) is 0.606. The molecule has 0 radical (unpaired) electrons. The number of hydrogen-bond acceptors (Lipinski definition) is 6. The van der Waals surface area contributed by atoms with Crippen LogP contribution in [-0.2, 0) is 6.54 Å². The number of hydrogen-bond donors (Lipinski definition) is 1. The lowest BCUT2D eigenvalue weighted by molar-refractivity contribution is 0.0949. The van der Waals surface area contributed by atoms with Crippen molar-refractivity contribution < 1.29 is 19.0 Å². The van der Waals surface area contributed by atoms with Gasteiger partial charge in [-0.15, -0.1) is 11.3 Å². The van der Waals surface area contributed by atoms with Crippen LogP contribution in [0.4, 0.5) is 0 Å². The van der Waals surface area contributed by atoms with E-state index in [0.29, 0.717) is 49.2 Å². The molecule has 1 amide bonds. The Hall–Kier alpha value is -2.74. The molecule has 8 heteroatoms. The fourth-order valence-corrected chi connectivity index (χ4v) is 3.37. The second-order valence-electron chi connectivity index (χ2n) is 5.61. The maximum atomic E-state index is 12.7. The van der Waals surface area contributed by atoms with Crippen LogP contribution in [0, 0.1) is 0 Å². The monoisotopic (exact) mass is 389 g/mol. The average Bonchev–Trinajstić information content (AvgIpc) is 3.24. The van der Waals surface area contributed by atoms with Crippen LogP contribution in [0.3, 0.4) is 0 Å². The van der Waals surface area contributed by atoms with Crippen LogP contribution in [0.5, 0.6) is 17.2 Å². The van der Waals surface area contributed by atoms with Crippen molar-refractivity contribution in [2.45, 2.75) is 27.3 Å². The molecule has 0 aliphatic rings. The van der Waals surface area contributed by atoms with E-state index in [-0.39, 0.29) is 5.91 Å². The van der Waals surface area contributed by atoms with Gasteiger partial charge in [0.25, 0.3) is 5.91 Å². The van der Waals surface area contributed by atoms with E-state index in [1.54, 1.807) is 23.5 Å². The van der Waals surface area contributed by atoms with Gasteiger partial charge in [-0.1, -0.05) is 0 Å². The van der Waals surface area contributed by atoms with Crippen LogP contribution in [0.1, 0.15) is 36.8 Å². The van der Waals surface area contributed by atoms with Gasteiger partial charge in [0.2, 0.25) is 5.75 Å². The van der Waals surface area contributed by atoms with Crippen LogP contribution < -0.4 is 19.5 Å². The van der Waals surface area contributed by atoms with Crippen molar-refractivity contribution in [1.82, 2.24) is 14.7 Å². The molecular weight excluding hydrogens is 366 g/mol. The summed E-state index contributed by atoms with van der Waals surface area (Å²) < 4.78 is 18.9. The van der Waals surface area contributed by atoms with Crippen LogP contribution >= 0.6 is 11.3 Å². The zero-order chi connectivity index (χ0) is 19.2. The number of ether oxygens (including phenoxy) is 3. The smallest absolute Gasteiger partial charge is 0.251 e. The van der Waals surface area contributed by atoms with E-state index in [1.807, 2.05) is 42.9 Å². The predicted octanol–water partition coefficient (Wildman–Crippen LogP) is 3.52. The number of benzene rings is 1. The van der Waals surface area contributed by atoms with Gasteiger partial charge in [0.05, 0.1) is 32.1 Å². The number of imidazole rings is 1. The first-order valence-electron chi connectivity index (χ1n) is 8.91. The lowest BCUT2D eigenvalue weighted by Crippen LogP contribution is -2.23. The third-order valence-corrected chi connectivity index (χ3v) is 4.52. The molecule has 27 heavy (non-hydrogen) atoms. The first-order valence-corrected chi connectivity index (χ1v) is 9.79. The van der Waals surface area contributed by atoms with E-state index in [0.717, 1.165) is 10.7 Å². The van der Waals surface area contributed by atoms with Crippen molar-refractivity contribution in [3.05, 3.63) is 41.2 Å². The highest BCUT2D eigenvalue weighted by atomic mass is 32.1. The number of carbonyl (C=O) groups excluding carboxylic acids is 1. The van der Waals surface area contributed by atoms with Crippen LogP contribution in [0.2, 0.25) is 0 Å². The van der Waals surface area contributed by atoms with Gasteiger partial charge in [0.15, 0.2) is 16.5 Å².